The van der Waals surface area contributed by atoms with E-state index in [1.165, 1.54) is 29.4 Å². The molecular formula is C16H21N3. The minimum Gasteiger partial charge on any atom is -0.381 e. The summed E-state index contributed by atoms with van der Waals surface area (Å²) in [5.74, 6) is 0. The fourth-order valence-electron chi connectivity index (χ4n) is 2.78. The molecule has 100 valence electrons. The van der Waals surface area contributed by atoms with Crippen molar-refractivity contribution < 1.29 is 0 Å². The molecule has 1 aromatic heterocycles. The molecule has 0 saturated carbocycles. The molecular weight excluding hydrogens is 234 g/mol. The topological polar surface area (TPSA) is 28.2 Å². The van der Waals surface area contributed by atoms with Gasteiger partial charge in [0.2, 0.25) is 0 Å². The fraction of sp³-hybridized carbons (Fsp3) is 0.438. The highest BCUT2D eigenvalue weighted by Crippen LogP contribution is 2.21. The molecule has 1 saturated heterocycles. The molecule has 3 rings (SSSR count). The zero-order valence-corrected chi connectivity index (χ0v) is 11.6. The summed E-state index contributed by atoms with van der Waals surface area (Å²) in [4.78, 5) is 6.68. The largest absolute Gasteiger partial charge is 0.381 e. The lowest BCUT2D eigenvalue weighted by Gasteiger charge is -2.21. The van der Waals surface area contributed by atoms with Crippen molar-refractivity contribution in [3.63, 3.8) is 0 Å². The van der Waals surface area contributed by atoms with Gasteiger partial charge in [-0.2, -0.15) is 0 Å². The average molecular weight is 255 g/mol. The highest BCUT2D eigenvalue weighted by Gasteiger charge is 2.23. The monoisotopic (exact) mass is 255 g/mol. The average Bonchev–Trinajstić information content (AvgIpc) is 2.87. The molecule has 2 heterocycles. The number of benzene rings is 1. The van der Waals surface area contributed by atoms with Crippen LogP contribution < -0.4 is 5.32 Å². The second-order valence-corrected chi connectivity index (χ2v) is 5.66. The Hall–Kier alpha value is -1.61. The second-order valence-electron chi connectivity index (χ2n) is 5.66. The van der Waals surface area contributed by atoms with E-state index in [0.29, 0.717) is 12.1 Å². The van der Waals surface area contributed by atoms with Crippen LogP contribution >= 0.6 is 0 Å². The fourth-order valence-corrected chi connectivity index (χ4v) is 2.78. The van der Waals surface area contributed by atoms with Crippen LogP contribution in [0.5, 0.6) is 0 Å². The Morgan fingerprint density at radius 3 is 2.95 bits per heavy atom. The van der Waals surface area contributed by atoms with Crippen LogP contribution in [0, 0.1) is 0 Å². The molecule has 2 aromatic rings. The van der Waals surface area contributed by atoms with E-state index in [4.69, 9.17) is 0 Å². The summed E-state index contributed by atoms with van der Waals surface area (Å²) in [7, 11) is 0. The quantitative estimate of drug-likeness (QED) is 0.913. The number of likely N-dealkylation sites (tertiary alicyclic amines) is 1. The summed E-state index contributed by atoms with van der Waals surface area (Å²) >= 11 is 0. The first-order valence-corrected chi connectivity index (χ1v) is 7.07. The molecule has 1 aliphatic rings. The van der Waals surface area contributed by atoms with Crippen LogP contribution in [0.3, 0.4) is 0 Å². The summed E-state index contributed by atoms with van der Waals surface area (Å²) < 4.78 is 0. The lowest BCUT2D eigenvalue weighted by atomic mass is 10.1. The maximum Gasteiger partial charge on any atom is 0.0400 e. The van der Waals surface area contributed by atoms with Crippen LogP contribution in [0.25, 0.3) is 10.8 Å². The first-order valence-electron chi connectivity index (χ1n) is 7.07. The normalized spacial score (nSPS) is 20.3. The van der Waals surface area contributed by atoms with Gasteiger partial charge in [-0.15, -0.1) is 0 Å². The van der Waals surface area contributed by atoms with E-state index >= 15 is 0 Å². The maximum absolute atomic E-state index is 4.15. The number of pyridine rings is 1. The van der Waals surface area contributed by atoms with Crippen molar-refractivity contribution in [3.05, 3.63) is 36.7 Å². The predicted molar refractivity (Wildman–Crippen MR) is 80.5 cm³/mol. The number of nitrogens with one attached hydrogen (secondary N) is 1. The van der Waals surface area contributed by atoms with Crippen LogP contribution in [0.4, 0.5) is 5.69 Å². The Labute approximate surface area is 114 Å². The van der Waals surface area contributed by atoms with Gasteiger partial charge in [-0.25, -0.2) is 0 Å². The molecule has 19 heavy (non-hydrogen) atoms. The van der Waals surface area contributed by atoms with Crippen LogP contribution in [0.1, 0.15) is 20.3 Å². The molecule has 0 aliphatic carbocycles. The Balaban J connectivity index is 1.72. The van der Waals surface area contributed by atoms with E-state index in [0.717, 1.165) is 6.54 Å². The third kappa shape index (κ3) is 2.71. The van der Waals surface area contributed by atoms with Crippen LogP contribution in [-0.2, 0) is 0 Å². The standard InChI is InChI=1S/C16H21N3/c1-12(2)19-8-6-16(11-19)18-15-4-3-14-10-17-7-5-13(14)9-15/h3-5,7,9-10,12,16,18H,6,8,11H2,1-2H3. The zero-order chi connectivity index (χ0) is 13.2. The Morgan fingerprint density at radius 2 is 2.16 bits per heavy atom. The molecule has 0 radical (unpaired) electrons. The van der Waals surface area contributed by atoms with Crippen LogP contribution in [0.2, 0.25) is 0 Å². The first-order chi connectivity index (χ1) is 9.22. The lowest BCUT2D eigenvalue weighted by Crippen LogP contribution is -2.31. The number of rotatable bonds is 3. The number of fused-ring (bicyclic) bond motifs is 1. The Morgan fingerprint density at radius 1 is 1.26 bits per heavy atom. The lowest BCUT2D eigenvalue weighted by molar-refractivity contribution is 0.274. The summed E-state index contributed by atoms with van der Waals surface area (Å²) in [6.07, 6.45) is 4.99. The van der Waals surface area contributed by atoms with Crippen molar-refractivity contribution >= 4 is 16.5 Å². The van der Waals surface area contributed by atoms with Crippen LogP contribution in [0.15, 0.2) is 36.7 Å². The minimum absolute atomic E-state index is 0.571. The van der Waals surface area contributed by atoms with Gasteiger partial charge >= 0.3 is 0 Å². The smallest absolute Gasteiger partial charge is 0.0400 e. The number of aromatic nitrogens is 1. The number of anilines is 1. The van der Waals surface area contributed by atoms with Crippen molar-refractivity contribution in [1.82, 2.24) is 9.88 Å². The number of hydrogen-bond donors (Lipinski definition) is 1. The summed E-state index contributed by atoms with van der Waals surface area (Å²) in [6, 6.07) is 9.79. The Kier molecular flexibility index (Phi) is 3.38. The SMILES string of the molecule is CC(C)N1CCC(Nc2ccc3cnccc3c2)C1. The maximum atomic E-state index is 4.15. The van der Waals surface area contributed by atoms with Crippen molar-refractivity contribution in [1.29, 1.82) is 0 Å². The van der Waals surface area contributed by atoms with E-state index in [9.17, 15) is 0 Å². The molecule has 1 fully saturated rings. The van der Waals surface area contributed by atoms with Crippen molar-refractivity contribution in [3.8, 4) is 0 Å². The Bertz CT molecular complexity index is 565. The van der Waals surface area contributed by atoms with Crippen molar-refractivity contribution in [2.24, 2.45) is 0 Å². The van der Waals surface area contributed by atoms with E-state index in [1.54, 1.807) is 0 Å². The van der Waals surface area contributed by atoms with Gasteiger partial charge in [-0.1, -0.05) is 6.07 Å². The molecule has 1 unspecified atom stereocenters. The van der Waals surface area contributed by atoms with Gasteiger partial charge < -0.3 is 5.32 Å². The van der Waals surface area contributed by atoms with E-state index < -0.39 is 0 Å². The summed E-state index contributed by atoms with van der Waals surface area (Å²) in [5.41, 5.74) is 1.22. The van der Waals surface area contributed by atoms with E-state index in [2.05, 4.69) is 53.3 Å². The van der Waals surface area contributed by atoms with Gasteiger partial charge in [0.05, 0.1) is 0 Å². The molecule has 1 N–H and O–H groups in total. The molecule has 1 aliphatic heterocycles. The molecule has 0 bridgehead atoms. The highest BCUT2D eigenvalue weighted by molar-refractivity contribution is 5.84. The highest BCUT2D eigenvalue weighted by atomic mass is 15.2. The third-order valence-electron chi connectivity index (χ3n) is 3.96. The molecule has 3 heteroatoms. The minimum atomic E-state index is 0.571. The molecule has 1 atom stereocenters. The summed E-state index contributed by atoms with van der Waals surface area (Å²) in [5, 5.41) is 6.10. The van der Waals surface area contributed by atoms with Crippen LogP contribution in [-0.4, -0.2) is 35.1 Å². The first kappa shape index (κ1) is 12.4. The molecule has 1 aromatic carbocycles. The predicted octanol–water partition coefficient (Wildman–Crippen LogP) is 3.13. The van der Waals surface area contributed by atoms with Gasteiger partial charge in [0.1, 0.15) is 0 Å². The van der Waals surface area contributed by atoms with Gasteiger partial charge in [-0.3, -0.25) is 9.88 Å². The van der Waals surface area contributed by atoms with Crippen molar-refractivity contribution in [2.75, 3.05) is 18.4 Å². The van der Waals surface area contributed by atoms with E-state index in [1.807, 2.05) is 12.4 Å². The molecule has 0 spiro atoms. The summed E-state index contributed by atoms with van der Waals surface area (Å²) in [6.45, 7) is 6.88. The second kappa shape index (κ2) is 5.17. The number of nitrogens with zero attached hydrogens (tertiary/aromatic N) is 2. The molecule has 3 nitrogen and oxygen atoms in total. The van der Waals surface area contributed by atoms with Gasteiger partial charge in [0.25, 0.3) is 0 Å². The zero-order valence-electron chi connectivity index (χ0n) is 11.6. The third-order valence-corrected chi connectivity index (χ3v) is 3.96. The number of hydrogen-bond acceptors (Lipinski definition) is 3. The molecule has 0 amide bonds. The van der Waals surface area contributed by atoms with E-state index in [-0.39, 0.29) is 0 Å². The van der Waals surface area contributed by atoms with Gasteiger partial charge in [0.15, 0.2) is 0 Å². The van der Waals surface area contributed by atoms with Gasteiger partial charge in [0, 0.05) is 48.6 Å². The van der Waals surface area contributed by atoms with Crippen molar-refractivity contribution in [2.45, 2.75) is 32.4 Å². The van der Waals surface area contributed by atoms with Gasteiger partial charge in [-0.05, 0) is 43.9 Å².